The van der Waals surface area contributed by atoms with Crippen molar-refractivity contribution < 1.29 is 9.90 Å². The second-order valence-electron chi connectivity index (χ2n) is 3.26. The topological polar surface area (TPSA) is 75.1 Å². The number of aromatic carboxylic acids is 1. The largest absolute Gasteiger partial charge is 0.478 e. The van der Waals surface area contributed by atoms with E-state index in [9.17, 15) is 4.79 Å². The lowest BCUT2D eigenvalue weighted by molar-refractivity contribution is 0.0699. The Labute approximate surface area is 92.2 Å². The van der Waals surface area contributed by atoms with Crippen LogP contribution in [0, 0.1) is 0 Å². The molecule has 5 heteroatoms. The van der Waals surface area contributed by atoms with Crippen molar-refractivity contribution in [1.29, 1.82) is 0 Å². The van der Waals surface area contributed by atoms with Gasteiger partial charge in [0, 0.05) is 11.9 Å². The minimum Gasteiger partial charge on any atom is -0.478 e. The molecule has 0 aliphatic carbocycles. The number of rotatable bonds is 3. The highest BCUT2D eigenvalue weighted by Crippen LogP contribution is 2.21. The van der Waals surface area contributed by atoms with Gasteiger partial charge in [0.15, 0.2) is 0 Å². The van der Waals surface area contributed by atoms with Gasteiger partial charge in [0.1, 0.15) is 12.1 Å². The normalized spacial score (nSPS) is 10.3. The summed E-state index contributed by atoms with van der Waals surface area (Å²) >= 11 is 0. The molecule has 2 N–H and O–H groups in total. The maximum absolute atomic E-state index is 11.0. The quantitative estimate of drug-likeness (QED) is 0.819. The molecular formula is C11H11N3O2. The van der Waals surface area contributed by atoms with Crippen molar-refractivity contribution in [1.82, 2.24) is 9.97 Å². The van der Waals surface area contributed by atoms with Gasteiger partial charge in [-0.25, -0.2) is 14.8 Å². The van der Waals surface area contributed by atoms with Crippen molar-refractivity contribution in [2.75, 3.05) is 11.9 Å². The molecule has 0 fully saturated rings. The summed E-state index contributed by atoms with van der Waals surface area (Å²) in [5, 5.41) is 12.8. The van der Waals surface area contributed by atoms with Crippen molar-refractivity contribution >= 4 is 22.7 Å². The summed E-state index contributed by atoms with van der Waals surface area (Å²) < 4.78 is 0. The molecule has 1 heterocycles. The molecule has 0 spiro atoms. The van der Waals surface area contributed by atoms with Gasteiger partial charge in [0.05, 0.1) is 11.1 Å². The number of carboxylic acid groups (broad SMARTS) is 1. The van der Waals surface area contributed by atoms with Crippen molar-refractivity contribution in [2.24, 2.45) is 0 Å². The highest BCUT2D eigenvalue weighted by Gasteiger charge is 2.11. The van der Waals surface area contributed by atoms with E-state index in [0.29, 0.717) is 11.3 Å². The average molecular weight is 217 g/mol. The first kappa shape index (κ1) is 10.4. The molecule has 0 saturated heterocycles. The molecule has 16 heavy (non-hydrogen) atoms. The number of aromatic nitrogens is 2. The molecule has 2 aromatic rings. The van der Waals surface area contributed by atoms with Crippen molar-refractivity contribution in [3.63, 3.8) is 0 Å². The Hall–Kier alpha value is -2.17. The summed E-state index contributed by atoms with van der Waals surface area (Å²) in [5.41, 5.74) is 0.653. The molecule has 0 saturated carbocycles. The molecule has 1 aromatic heterocycles. The summed E-state index contributed by atoms with van der Waals surface area (Å²) in [6, 6.07) is 5.03. The summed E-state index contributed by atoms with van der Waals surface area (Å²) in [7, 11) is 0. The van der Waals surface area contributed by atoms with Crippen LogP contribution in [-0.2, 0) is 0 Å². The molecule has 0 aliphatic heterocycles. The van der Waals surface area contributed by atoms with E-state index in [1.807, 2.05) is 6.92 Å². The Bertz CT molecular complexity index is 540. The van der Waals surface area contributed by atoms with E-state index in [0.717, 1.165) is 11.9 Å². The van der Waals surface area contributed by atoms with Crippen LogP contribution in [0.2, 0.25) is 0 Å². The fraction of sp³-hybridized carbons (Fsp3) is 0.182. The number of fused-ring (bicyclic) bond motifs is 1. The second-order valence-corrected chi connectivity index (χ2v) is 3.26. The molecule has 0 aliphatic rings. The Morgan fingerprint density at radius 3 is 2.94 bits per heavy atom. The highest BCUT2D eigenvalue weighted by molar-refractivity contribution is 6.04. The maximum Gasteiger partial charge on any atom is 0.337 e. The SMILES string of the molecule is CCNc1ncnc2c(C(=O)O)cccc12. The molecule has 2 rings (SSSR count). The lowest BCUT2D eigenvalue weighted by Crippen LogP contribution is -2.03. The van der Waals surface area contributed by atoms with E-state index in [2.05, 4.69) is 15.3 Å². The van der Waals surface area contributed by atoms with E-state index in [1.54, 1.807) is 12.1 Å². The smallest absolute Gasteiger partial charge is 0.337 e. The number of nitrogens with one attached hydrogen (secondary N) is 1. The first-order chi connectivity index (χ1) is 7.74. The molecule has 82 valence electrons. The first-order valence-corrected chi connectivity index (χ1v) is 4.95. The van der Waals surface area contributed by atoms with Crippen LogP contribution in [0.25, 0.3) is 10.9 Å². The molecule has 0 bridgehead atoms. The van der Waals surface area contributed by atoms with Crippen LogP contribution in [0.1, 0.15) is 17.3 Å². The Kier molecular flexibility index (Phi) is 2.68. The first-order valence-electron chi connectivity index (χ1n) is 4.95. The van der Waals surface area contributed by atoms with E-state index < -0.39 is 5.97 Å². The third kappa shape index (κ3) is 1.67. The molecule has 1 aromatic carbocycles. The maximum atomic E-state index is 11.0. The summed E-state index contributed by atoms with van der Waals surface area (Å²) in [4.78, 5) is 19.1. The summed E-state index contributed by atoms with van der Waals surface area (Å²) in [6.45, 7) is 2.68. The number of benzene rings is 1. The van der Waals surface area contributed by atoms with E-state index in [-0.39, 0.29) is 5.56 Å². The van der Waals surface area contributed by atoms with Crippen molar-refractivity contribution in [2.45, 2.75) is 6.92 Å². The molecule has 0 unspecified atom stereocenters. The lowest BCUT2D eigenvalue weighted by Gasteiger charge is -2.07. The van der Waals surface area contributed by atoms with Crippen LogP contribution in [0.15, 0.2) is 24.5 Å². The minimum absolute atomic E-state index is 0.194. The van der Waals surface area contributed by atoms with Gasteiger partial charge < -0.3 is 10.4 Å². The van der Waals surface area contributed by atoms with Crippen molar-refractivity contribution in [3.05, 3.63) is 30.1 Å². The highest BCUT2D eigenvalue weighted by atomic mass is 16.4. The van der Waals surface area contributed by atoms with E-state index in [1.165, 1.54) is 12.4 Å². The Balaban J connectivity index is 2.71. The Morgan fingerprint density at radius 2 is 2.25 bits per heavy atom. The van der Waals surface area contributed by atoms with Crippen molar-refractivity contribution in [3.8, 4) is 0 Å². The molecule has 0 radical (unpaired) electrons. The number of nitrogens with zero attached hydrogens (tertiary/aromatic N) is 2. The van der Waals surface area contributed by atoms with Gasteiger partial charge >= 0.3 is 5.97 Å². The van der Waals surface area contributed by atoms with E-state index >= 15 is 0 Å². The van der Waals surface area contributed by atoms with Crippen LogP contribution in [0.3, 0.4) is 0 Å². The molecule has 0 atom stereocenters. The predicted molar refractivity (Wildman–Crippen MR) is 60.7 cm³/mol. The third-order valence-electron chi connectivity index (χ3n) is 2.24. The number of para-hydroxylation sites is 1. The number of hydrogen-bond donors (Lipinski definition) is 2. The standard InChI is InChI=1S/C11H11N3O2/c1-2-12-10-7-4-3-5-8(11(15)16)9(7)13-6-14-10/h3-6H,2H2,1H3,(H,15,16)(H,12,13,14). The van der Waals surface area contributed by atoms with Gasteiger partial charge in [-0.05, 0) is 19.1 Å². The van der Waals surface area contributed by atoms with Crippen LogP contribution >= 0.6 is 0 Å². The second kappa shape index (κ2) is 4.14. The summed E-state index contributed by atoms with van der Waals surface area (Å²) in [5.74, 6) is -0.317. The number of anilines is 1. The molecule has 5 nitrogen and oxygen atoms in total. The number of hydrogen-bond acceptors (Lipinski definition) is 4. The summed E-state index contributed by atoms with van der Waals surface area (Å²) in [6.07, 6.45) is 1.37. The van der Waals surface area contributed by atoms with Crippen LogP contribution in [0.4, 0.5) is 5.82 Å². The fourth-order valence-corrected chi connectivity index (χ4v) is 1.57. The van der Waals surface area contributed by atoms with Gasteiger partial charge in [0.25, 0.3) is 0 Å². The minimum atomic E-state index is -0.980. The van der Waals surface area contributed by atoms with E-state index in [4.69, 9.17) is 5.11 Å². The molecular weight excluding hydrogens is 206 g/mol. The fourth-order valence-electron chi connectivity index (χ4n) is 1.57. The van der Waals surface area contributed by atoms with Gasteiger partial charge in [-0.15, -0.1) is 0 Å². The zero-order chi connectivity index (χ0) is 11.5. The zero-order valence-corrected chi connectivity index (χ0v) is 8.77. The predicted octanol–water partition coefficient (Wildman–Crippen LogP) is 1.76. The van der Waals surface area contributed by atoms with Gasteiger partial charge in [0.2, 0.25) is 0 Å². The molecule has 0 amide bonds. The van der Waals surface area contributed by atoms with Crippen LogP contribution < -0.4 is 5.32 Å². The van der Waals surface area contributed by atoms with Gasteiger partial charge in [-0.2, -0.15) is 0 Å². The number of carbonyl (C=O) groups is 1. The Morgan fingerprint density at radius 1 is 1.44 bits per heavy atom. The van der Waals surface area contributed by atoms with Gasteiger partial charge in [-0.3, -0.25) is 0 Å². The zero-order valence-electron chi connectivity index (χ0n) is 8.77. The lowest BCUT2D eigenvalue weighted by atomic mass is 10.1. The van der Waals surface area contributed by atoms with Gasteiger partial charge in [-0.1, -0.05) is 6.07 Å². The van der Waals surface area contributed by atoms with Crippen LogP contribution in [-0.4, -0.2) is 27.6 Å². The number of carboxylic acids is 1. The third-order valence-corrected chi connectivity index (χ3v) is 2.24. The monoisotopic (exact) mass is 217 g/mol. The van der Waals surface area contributed by atoms with Crippen LogP contribution in [0.5, 0.6) is 0 Å². The average Bonchev–Trinajstić information content (AvgIpc) is 2.29.